The highest BCUT2D eigenvalue weighted by molar-refractivity contribution is 5.81. The van der Waals surface area contributed by atoms with Crippen molar-refractivity contribution in [3.05, 3.63) is 12.7 Å². The Kier molecular flexibility index (Phi) is 4.33. The monoisotopic (exact) mass is 211 g/mol. The molecular formula is C12H21NO2. The molecule has 1 N–H and O–H groups in total. The van der Waals surface area contributed by atoms with E-state index < -0.39 is 5.54 Å². The van der Waals surface area contributed by atoms with Gasteiger partial charge in [0, 0.05) is 6.54 Å². The fraction of sp³-hybridized carbons (Fsp3) is 0.750. The molecule has 0 aromatic heterocycles. The van der Waals surface area contributed by atoms with Crippen LogP contribution in [0.4, 0.5) is 0 Å². The minimum atomic E-state index is -0.455. The van der Waals surface area contributed by atoms with E-state index in [9.17, 15) is 4.79 Å². The molecule has 1 aliphatic rings. The van der Waals surface area contributed by atoms with E-state index in [0.717, 1.165) is 19.3 Å². The molecular weight excluding hydrogens is 190 g/mol. The lowest BCUT2D eigenvalue weighted by Crippen LogP contribution is -2.51. The number of nitrogens with one attached hydrogen (secondary N) is 1. The molecule has 0 aliphatic heterocycles. The highest BCUT2D eigenvalue weighted by atomic mass is 16.5. The lowest BCUT2D eigenvalue weighted by atomic mass is 9.96. The second kappa shape index (κ2) is 5.31. The summed E-state index contributed by atoms with van der Waals surface area (Å²) < 4.78 is 5.14. The quantitative estimate of drug-likeness (QED) is 0.557. The smallest absolute Gasteiger partial charge is 0.326 e. The molecule has 3 heteroatoms. The van der Waals surface area contributed by atoms with E-state index in [1.54, 1.807) is 6.08 Å². The second-order valence-corrected chi connectivity index (χ2v) is 4.32. The van der Waals surface area contributed by atoms with Gasteiger partial charge in [0.1, 0.15) is 5.54 Å². The zero-order valence-corrected chi connectivity index (χ0v) is 9.71. The largest absolute Gasteiger partial charge is 0.465 e. The van der Waals surface area contributed by atoms with E-state index in [2.05, 4.69) is 18.8 Å². The predicted molar refractivity (Wildman–Crippen MR) is 60.6 cm³/mol. The molecule has 86 valence electrons. The first-order valence-electron chi connectivity index (χ1n) is 5.68. The molecule has 0 aromatic rings. The van der Waals surface area contributed by atoms with E-state index in [1.807, 2.05) is 6.92 Å². The molecule has 0 spiro atoms. The summed E-state index contributed by atoms with van der Waals surface area (Å²) in [4.78, 5) is 11.9. The number of carbonyl (C=O) groups is 1. The molecule has 1 fully saturated rings. The molecule has 0 radical (unpaired) electrons. The SMILES string of the molecule is C=CCNC1(C(=O)OCC)CCC(C)C1. The van der Waals surface area contributed by atoms with Crippen LogP contribution in [0.25, 0.3) is 0 Å². The molecule has 2 unspecified atom stereocenters. The molecule has 1 rings (SSSR count). The number of esters is 1. The molecule has 0 heterocycles. The Balaban J connectivity index is 2.67. The normalized spacial score (nSPS) is 30.1. The van der Waals surface area contributed by atoms with Crippen LogP contribution in [0.5, 0.6) is 0 Å². The van der Waals surface area contributed by atoms with Crippen molar-refractivity contribution < 1.29 is 9.53 Å². The second-order valence-electron chi connectivity index (χ2n) is 4.32. The Morgan fingerprint density at radius 1 is 1.73 bits per heavy atom. The molecule has 0 aromatic carbocycles. The van der Waals surface area contributed by atoms with Crippen LogP contribution in [-0.4, -0.2) is 24.7 Å². The average molecular weight is 211 g/mol. The van der Waals surface area contributed by atoms with E-state index in [1.165, 1.54) is 0 Å². The summed E-state index contributed by atoms with van der Waals surface area (Å²) in [6.07, 6.45) is 4.62. The summed E-state index contributed by atoms with van der Waals surface area (Å²) in [6.45, 7) is 8.79. The summed E-state index contributed by atoms with van der Waals surface area (Å²) in [7, 11) is 0. The minimum Gasteiger partial charge on any atom is -0.465 e. The summed E-state index contributed by atoms with van der Waals surface area (Å²) in [5.74, 6) is 0.489. The molecule has 0 bridgehead atoms. The maximum atomic E-state index is 11.9. The van der Waals surface area contributed by atoms with Crippen LogP contribution in [-0.2, 0) is 9.53 Å². The van der Waals surface area contributed by atoms with E-state index >= 15 is 0 Å². The van der Waals surface area contributed by atoms with Crippen LogP contribution in [0.2, 0.25) is 0 Å². The Morgan fingerprint density at radius 3 is 2.93 bits per heavy atom. The zero-order chi connectivity index (χ0) is 11.3. The Morgan fingerprint density at radius 2 is 2.47 bits per heavy atom. The minimum absolute atomic E-state index is 0.101. The van der Waals surface area contributed by atoms with E-state index in [0.29, 0.717) is 19.1 Å². The first-order chi connectivity index (χ1) is 7.14. The number of hydrogen-bond donors (Lipinski definition) is 1. The number of rotatable bonds is 5. The molecule has 1 saturated carbocycles. The maximum absolute atomic E-state index is 11.9. The predicted octanol–water partition coefficient (Wildman–Crippen LogP) is 1.88. The van der Waals surface area contributed by atoms with Crippen LogP contribution in [0, 0.1) is 5.92 Å². The molecule has 1 aliphatic carbocycles. The van der Waals surface area contributed by atoms with Crippen LogP contribution < -0.4 is 5.32 Å². The van der Waals surface area contributed by atoms with Gasteiger partial charge in [0.25, 0.3) is 0 Å². The average Bonchev–Trinajstić information content (AvgIpc) is 2.59. The molecule has 2 atom stereocenters. The number of hydrogen-bond acceptors (Lipinski definition) is 3. The highest BCUT2D eigenvalue weighted by Gasteiger charge is 2.44. The van der Waals surface area contributed by atoms with Gasteiger partial charge in [-0.05, 0) is 32.1 Å². The Bertz CT molecular complexity index is 240. The van der Waals surface area contributed by atoms with Gasteiger partial charge >= 0.3 is 5.97 Å². The third kappa shape index (κ3) is 2.81. The van der Waals surface area contributed by atoms with Crippen molar-refractivity contribution in [2.24, 2.45) is 5.92 Å². The lowest BCUT2D eigenvalue weighted by Gasteiger charge is -2.27. The summed E-state index contributed by atoms with van der Waals surface area (Å²) >= 11 is 0. The number of carbonyl (C=O) groups excluding carboxylic acids is 1. The van der Waals surface area contributed by atoms with Gasteiger partial charge < -0.3 is 4.74 Å². The van der Waals surface area contributed by atoms with Crippen LogP contribution in [0.1, 0.15) is 33.1 Å². The van der Waals surface area contributed by atoms with Crippen LogP contribution >= 0.6 is 0 Å². The van der Waals surface area contributed by atoms with Crippen LogP contribution in [0.15, 0.2) is 12.7 Å². The van der Waals surface area contributed by atoms with Crippen molar-refractivity contribution in [3.63, 3.8) is 0 Å². The third-order valence-electron chi connectivity index (χ3n) is 3.01. The Hall–Kier alpha value is -0.830. The highest BCUT2D eigenvalue weighted by Crippen LogP contribution is 2.35. The van der Waals surface area contributed by atoms with Crippen molar-refractivity contribution >= 4 is 5.97 Å². The van der Waals surface area contributed by atoms with Crippen molar-refractivity contribution in [2.45, 2.75) is 38.6 Å². The fourth-order valence-electron chi connectivity index (χ4n) is 2.25. The lowest BCUT2D eigenvalue weighted by molar-refractivity contribution is -0.151. The van der Waals surface area contributed by atoms with Crippen molar-refractivity contribution in [1.82, 2.24) is 5.32 Å². The first kappa shape index (κ1) is 12.2. The van der Waals surface area contributed by atoms with Gasteiger partial charge in [0.15, 0.2) is 0 Å². The van der Waals surface area contributed by atoms with Crippen LogP contribution in [0.3, 0.4) is 0 Å². The first-order valence-corrected chi connectivity index (χ1v) is 5.68. The molecule has 3 nitrogen and oxygen atoms in total. The van der Waals surface area contributed by atoms with Gasteiger partial charge in [-0.3, -0.25) is 10.1 Å². The zero-order valence-electron chi connectivity index (χ0n) is 9.71. The van der Waals surface area contributed by atoms with Crippen molar-refractivity contribution in [1.29, 1.82) is 0 Å². The summed E-state index contributed by atoms with van der Waals surface area (Å²) in [6, 6.07) is 0. The third-order valence-corrected chi connectivity index (χ3v) is 3.01. The van der Waals surface area contributed by atoms with Crippen molar-refractivity contribution in [3.8, 4) is 0 Å². The molecule has 0 saturated heterocycles. The fourth-order valence-corrected chi connectivity index (χ4v) is 2.25. The number of ether oxygens (including phenoxy) is 1. The van der Waals surface area contributed by atoms with Gasteiger partial charge in [-0.15, -0.1) is 6.58 Å². The van der Waals surface area contributed by atoms with Gasteiger partial charge in [-0.2, -0.15) is 0 Å². The Labute approximate surface area is 91.9 Å². The van der Waals surface area contributed by atoms with Gasteiger partial charge in [-0.1, -0.05) is 13.0 Å². The van der Waals surface area contributed by atoms with E-state index in [4.69, 9.17) is 4.74 Å². The van der Waals surface area contributed by atoms with Gasteiger partial charge in [0.05, 0.1) is 6.61 Å². The topological polar surface area (TPSA) is 38.3 Å². The summed E-state index contributed by atoms with van der Waals surface area (Å²) in [5, 5.41) is 3.27. The standard InChI is InChI=1S/C12H21NO2/c1-4-8-13-12(11(14)15-5-2)7-6-10(3)9-12/h4,10,13H,1,5-9H2,2-3H3. The maximum Gasteiger partial charge on any atom is 0.326 e. The van der Waals surface area contributed by atoms with Gasteiger partial charge in [0.2, 0.25) is 0 Å². The molecule has 15 heavy (non-hydrogen) atoms. The molecule has 0 amide bonds. The van der Waals surface area contributed by atoms with E-state index in [-0.39, 0.29) is 5.97 Å². The van der Waals surface area contributed by atoms with Gasteiger partial charge in [-0.25, -0.2) is 0 Å². The summed E-state index contributed by atoms with van der Waals surface area (Å²) in [5.41, 5.74) is -0.455. The van der Waals surface area contributed by atoms with Crippen molar-refractivity contribution in [2.75, 3.05) is 13.2 Å².